The third-order valence-corrected chi connectivity index (χ3v) is 9.44. The Hall–Kier alpha value is -2.95. The molecule has 0 bridgehead atoms. The number of alkyl halides is 3. The van der Waals surface area contributed by atoms with Gasteiger partial charge in [0, 0.05) is 62.1 Å². The van der Waals surface area contributed by atoms with Crippen LogP contribution in [0.15, 0.2) is 52.1 Å². The summed E-state index contributed by atoms with van der Waals surface area (Å²) in [5.74, 6) is -4.82. The van der Waals surface area contributed by atoms with Gasteiger partial charge in [-0.1, -0.05) is 19.9 Å². The molecule has 42 heavy (non-hydrogen) atoms. The van der Waals surface area contributed by atoms with E-state index in [4.69, 9.17) is 5.73 Å². The first-order valence-corrected chi connectivity index (χ1v) is 14.5. The van der Waals surface area contributed by atoms with E-state index >= 15 is 13.2 Å². The number of rotatable bonds is 15. The second-order valence-corrected chi connectivity index (χ2v) is 12.6. The third-order valence-electron chi connectivity index (χ3n) is 9.44. The molecule has 1 aliphatic carbocycles. The van der Waals surface area contributed by atoms with E-state index in [1.165, 1.54) is 59.4 Å². The van der Waals surface area contributed by atoms with Crippen molar-refractivity contribution >= 4 is 12.2 Å². The Morgan fingerprint density at radius 1 is 1.31 bits per heavy atom. The normalized spacial score (nSPS) is 22.4. The Kier molecular flexibility index (Phi) is 11.0. The summed E-state index contributed by atoms with van der Waals surface area (Å²) in [5, 5.41) is 18.8. The number of nitrogens with zero attached hydrogens (tertiary/aromatic N) is 2. The van der Waals surface area contributed by atoms with Gasteiger partial charge in [0.1, 0.15) is 11.7 Å². The number of likely N-dealkylation sites (N-methyl/N-ethyl adjacent to an activating group) is 1. The van der Waals surface area contributed by atoms with Gasteiger partial charge in [-0.05, 0) is 71.4 Å². The summed E-state index contributed by atoms with van der Waals surface area (Å²) in [7, 11) is 3.32. The Balaban J connectivity index is 2.60. The van der Waals surface area contributed by atoms with Crippen molar-refractivity contribution in [2.45, 2.75) is 104 Å². The predicted octanol–water partition coefficient (Wildman–Crippen LogP) is 5.07. The van der Waals surface area contributed by atoms with Crippen molar-refractivity contribution in [2.75, 3.05) is 20.6 Å². The highest BCUT2D eigenvalue weighted by atomic mass is 19.3. The molecule has 238 valence electrons. The zero-order chi connectivity index (χ0) is 32.3. The van der Waals surface area contributed by atoms with Crippen LogP contribution in [0.1, 0.15) is 74.1 Å². The summed E-state index contributed by atoms with van der Waals surface area (Å²) < 4.78 is 47.5. The molecule has 1 aliphatic heterocycles. The van der Waals surface area contributed by atoms with Gasteiger partial charge in [-0.3, -0.25) is 10.3 Å². The molecule has 6 N–H and O–H groups in total. The Morgan fingerprint density at radius 2 is 1.90 bits per heavy atom. The zero-order valence-corrected chi connectivity index (χ0v) is 26.7. The van der Waals surface area contributed by atoms with Crippen LogP contribution in [-0.4, -0.2) is 72.7 Å². The first-order valence-electron chi connectivity index (χ1n) is 14.5. The Labute approximate surface area is 249 Å². The van der Waals surface area contributed by atoms with E-state index in [0.29, 0.717) is 18.3 Å². The van der Waals surface area contributed by atoms with Gasteiger partial charge >= 0.3 is 5.97 Å². The molecule has 0 radical (unpaired) electrons. The minimum atomic E-state index is -3.55. The van der Waals surface area contributed by atoms with E-state index in [-0.39, 0.29) is 28.5 Å². The van der Waals surface area contributed by atoms with Crippen molar-refractivity contribution < 1.29 is 23.1 Å². The lowest BCUT2D eigenvalue weighted by atomic mass is 9.65. The third kappa shape index (κ3) is 7.33. The number of hydrogen-bond donors (Lipinski definition) is 5. The lowest BCUT2D eigenvalue weighted by Gasteiger charge is -2.49. The standard InChI is InChI=1S/C31H51F3N6O2/c1-11-31(15-12-16-31)18-37-21(4)40(10)20(3)22(17-36-9)25(35)29(7,28(5,6)32)27(30(8,33)34)39-23-14-13-19(2)38-24(23)26(41)42/h13-14,17,21,24,27,37-39H,3,11-12,15-16,18,35H2,1-2,4-10H3,(H,41,42)/b25-22-,36-17?. The number of carbonyl (C=O) groups is 1. The Bertz CT molecular complexity index is 1120. The molecule has 1 heterocycles. The van der Waals surface area contributed by atoms with Crippen LogP contribution in [0.4, 0.5) is 13.2 Å². The van der Waals surface area contributed by atoms with E-state index in [1.807, 2.05) is 18.9 Å². The van der Waals surface area contributed by atoms with Crippen molar-refractivity contribution in [2.24, 2.45) is 21.6 Å². The second kappa shape index (κ2) is 13.1. The predicted molar refractivity (Wildman–Crippen MR) is 164 cm³/mol. The number of halogens is 3. The zero-order valence-electron chi connectivity index (χ0n) is 26.7. The monoisotopic (exact) mass is 596 g/mol. The van der Waals surface area contributed by atoms with Crippen molar-refractivity contribution in [3.63, 3.8) is 0 Å². The van der Waals surface area contributed by atoms with E-state index in [9.17, 15) is 9.90 Å². The summed E-state index contributed by atoms with van der Waals surface area (Å²) in [5.41, 5.74) is 3.54. The van der Waals surface area contributed by atoms with Gasteiger partial charge in [0.25, 0.3) is 5.92 Å². The Morgan fingerprint density at radius 3 is 2.33 bits per heavy atom. The van der Waals surface area contributed by atoms with Gasteiger partial charge in [-0.25, -0.2) is 18.0 Å². The fourth-order valence-corrected chi connectivity index (χ4v) is 5.72. The SMILES string of the molecule is C=C(/C(C=NC)=C(\N)C(C)(C(NC1=CC=C(C)NC1C(=O)O)C(C)(F)F)C(C)(C)F)N(C)C(C)NCC1(CC)CCC1. The topological polar surface area (TPSA) is 115 Å². The molecular weight excluding hydrogens is 545 g/mol. The number of nitrogens with two attached hydrogens (primary N) is 1. The molecule has 0 aromatic heterocycles. The van der Waals surface area contributed by atoms with Crippen molar-refractivity contribution in [3.8, 4) is 0 Å². The van der Waals surface area contributed by atoms with Crippen LogP contribution >= 0.6 is 0 Å². The molecule has 2 aliphatic rings. The van der Waals surface area contributed by atoms with Crippen molar-refractivity contribution in [1.82, 2.24) is 20.9 Å². The van der Waals surface area contributed by atoms with Crippen LogP contribution < -0.4 is 21.7 Å². The van der Waals surface area contributed by atoms with Gasteiger partial charge in [0.2, 0.25) is 0 Å². The van der Waals surface area contributed by atoms with E-state index in [2.05, 4.69) is 34.4 Å². The number of carboxylic acids is 1. The lowest BCUT2D eigenvalue weighted by Crippen LogP contribution is -2.63. The molecule has 1 fully saturated rings. The highest BCUT2D eigenvalue weighted by Crippen LogP contribution is 2.49. The summed E-state index contributed by atoms with van der Waals surface area (Å²) >= 11 is 0. The quantitative estimate of drug-likeness (QED) is 0.102. The number of hydrogen-bond acceptors (Lipinski definition) is 7. The molecule has 0 amide bonds. The minimum Gasteiger partial charge on any atom is -0.479 e. The number of aliphatic imine (C=N–C) groups is 1. The minimum absolute atomic E-state index is 0.0387. The van der Waals surface area contributed by atoms with Gasteiger partial charge in [0.05, 0.1) is 11.6 Å². The van der Waals surface area contributed by atoms with Gasteiger partial charge in [-0.2, -0.15) is 0 Å². The van der Waals surface area contributed by atoms with Crippen LogP contribution in [0.25, 0.3) is 0 Å². The molecular formula is C31H51F3N6O2. The number of aliphatic carboxylic acids is 1. The van der Waals surface area contributed by atoms with E-state index in [1.54, 1.807) is 13.0 Å². The molecule has 4 atom stereocenters. The largest absolute Gasteiger partial charge is 0.479 e. The summed E-state index contributed by atoms with van der Waals surface area (Å²) in [4.78, 5) is 17.9. The number of carboxylic acid groups (broad SMARTS) is 1. The highest BCUT2D eigenvalue weighted by Gasteiger charge is 2.58. The highest BCUT2D eigenvalue weighted by molar-refractivity contribution is 5.85. The summed E-state index contributed by atoms with van der Waals surface area (Å²) in [6.45, 7) is 15.2. The molecule has 1 saturated carbocycles. The fourth-order valence-electron chi connectivity index (χ4n) is 5.72. The average molecular weight is 597 g/mol. The number of allylic oxidation sites excluding steroid dienone is 4. The van der Waals surface area contributed by atoms with Crippen molar-refractivity contribution in [1.29, 1.82) is 0 Å². The van der Waals surface area contributed by atoms with Crippen LogP contribution in [0.2, 0.25) is 0 Å². The van der Waals surface area contributed by atoms with Crippen molar-refractivity contribution in [3.05, 3.63) is 47.1 Å². The lowest BCUT2D eigenvalue weighted by molar-refractivity contribution is -0.138. The maximum Gasteiger partial charge on any atom is 0.332 e. The van der Waals surface area contributed by atoms with Gasteiger partial charge in [0.15, 0.2) is 6.04 Å². The maximum atomic E-state index is 16.3. The molecule has 0 saturated heterocycles. The average Bonchev–Trinajstić information content (AvgIpc) is 2.87. The number of nitrogens with one attached hydrogen (secondary N) is 3. The molecule has 11 heteroatoms. The molecule has 2 rings (SSSR count). The first-order chi connectivity index (χ1) is 19.3. The van der Waals surface area contributed by atoms with E-state index < -0.39 is 35.1 Å². The molecule has 4 unspecified atom stereocenters. The number of dihydropyridines is 1. The fraction of sp³-hybridized carbons (Fsp3) is 0.677. The van der Waals surface area contributed by atoms with Gasteiger partial charge in [-0.15, -0.1) is 0 Å². The summed E-state index contributed by atoms with van der Waals surface area (Å²) in [6, 6.07) is -3.28. The van der Waals surface area contributed by atoms with Crippen LogP contribution in [-0.2, 0) is 4.79 Å². The molecule has 0 spiro atoms. The molecule has 8 nitrogen and oxygen atoms in total. The van der Waals surface area contributed by atoms with Crippen LogP contribution in [0.5, 0.6) is 0 Å². The van der Waals surface area contributed by atoms with Crippen LogP contribution in [0, 0.1) is 10.8 Å². The summed E-state index contributed by atoms with van der Waals surface area (Å²) in [6.07, 6.45) is 8.82. The second-order valence-electron chi connectivity index (χ2n) is 12.6. The molecule has 0 aromatic rings. The first kappa shape index (κ1) is 35.2. The maximum absolute atomic E-state index is 16.3. The smallest absolute Gasteiger partial charge is 0.332 e. The van der Waals surface area contributed by atoms with Crippen LogP contribution in [0.3, 0.4) is 0 Å². The molecule has 0 aromatic carbocycles. The van der Waals surface area contributed by atoms with E-state index in [0.717, 1.165) is 13.0 Å². The van der Waals surface area contributed by atoms with Gasteiger partial charge < -0.3 is 26.4 Å².